The van der Waals surface area contributed by atoms with Gasteiger partial charge in [-0.15, -0.1) is 0 Å². The zero-order valence-corrected chi connectivity index (χ0v) is 8.60. The summed E-state index contributed by atoms with van der Waals surface area (Å²) in [7, 11) is 0. The van der Waals surface area contributed by atoms with E-state index in [0.717, 1.165) is 11.8 Å². The van der Waals surface area contributed by atoms with Crippen molar-refractivity contribution in [1.82, 2.24) is 0 Å². The Morgan fingerprint density at radius 1 is 1.56 bits per heavy atom. The van der Waals surface area contributed by atoms with Crippen LogP contribution < -0.4 is 5.73 Å². The lowest BCUT2D eigenvalue weighted by Gasteiger charge is -2.10. The molecule has 1 aliphatic rings. The van der Waals surface area contributed by atoms with Crippen molar-refractivity contribution in [3.63, 3.8) is 0 Å². The lowest BCUT2D eigenvalue weighted by Crippen LogP contribution is -2.08. The first-order valence-electron chi connectivity index (χ1n) is 4.95. The van der Waals surface area contributed by atoms with Crippen LogP contribution in [0.5, 0.6) is 5.75 Å². The molecule has 4 heteroatoms. The van der Waals surface area contributed by atoms with Gasteiger partial charge in [0.2, 0.25) is 0 Å². The van der Waals surface area contributed by atoms with Gasteiger partial charge in [-0.2, -0.15) is 0 Å². The monoisotopic (exact) mass is 216 g/mol. The molecule has 1 aromatic carbocycles. The van der Waals surface area contributed by atoms with Gasteiger partial charge in [0.15, 0.2) is 5.78 Å². The minimum Gasteiger partial charge on any atom is -0.508 e. The summed E-state index contributed by atoms with van der Waals surface area (Å²) < 4.78 is 0. The molecule has 82 valence electrons. The summed E-state index contributed by atoms with van der Waals surface area (Å²) in [4.78, 5) is 11.7. The van der Waals surface area contributed by atoms with E-state index in [1.807, 2.05) is 0 Å². The molecule has 0 aromatic heterocycles. The van der Waals surface area contributed by atoms with E-state index in [2.05, 4.69) is 0 Å². The van der Waals surface area contributed by atoms with Gasteiger partial charge in [0.05, 0.1) is 0 Å². The smallest absolute Gasteiger partial charge is 0.164 e. The number of fused-ring (bicyclic) bond motifs is 1. The average molecular weight is 216 g/mol. The van der Waals surface area contributed by atoms with Gasteiger partial charge >= 0.3 is 0 Å². The number of phenolic OH excluding ortho intramolecular Hbond substituents is 1. The first-order chi connectivity index (χ1) is 7.63. The van der Waals surface area contributed by atoms with Gasteiger partial charge in [0, 0.05) is 29.8 Å². The van der Waals surface area contributed by atoms with Gasteiger partial charge in [-0.1, -0.05) is 6.07 Å². The number of aromatic hydroxyl groups is 1. The Balaban J connectivity index is 2.47. The molecule has 16 heavy (non-hydrogen) atoms. The zero-order valence-electron chi connectivity index (χ0n) is 8.60. The summed E-state index contributed by atoms with van der Waals surface area (Å²) in [6.45, 7) is 0. The molecule has 0 radical (unpaired) electrons. The number of ketones is 1. The van der Waals surface area contributed by atoms with Gasteiger partial charge in [-0.25, -0.2) is 0 Å². The Bertz CT molecular complexity index is 492. The molecule has 0 amide bonds. The number of phenols is 1. The van der Waals surface area contributed by atoms with Crippen LogP contribution in [-0.2, 0) is 0 Å². The van der Waals surface area contributed by atoms with E-state index in [1.165, 1.54) is 12.1 Å². The molecule has 4 N–H and O–H groups in total. The van der Waals surface area contributed by atoms with E-state index in [0.29, 0.717) is 17.7 Å². The largest absolute Gasteiger partial charge is 0.508 e. The zero-order chi connectivity index (χ0) is 11.7. The molecule has 0 fully saturated rings. The fourth-order valence-electron chi connectivity index (χ4n) is 2.00. The topological polar surface area (TPSA) is 87.2 Å². The molecule has 0 spiro atoms. The van der Waals surface area contributed by atoms with Crippen molar-refractivity contribution in [1.29, 1.82) is 5.41 Å². The highest BCUT2D eigenvalue weighted by Gasteiger charge is 2.30. The van der Waals surface area contributed by atoms with Crippen molar-refractivity contribution < 1.29 is 9.90 Å². The third kappa shape index (κ3) is 1.58. The number of allylic oxidation sites excluding steroid dienone is 2. The number of rotatable bonds is 2. The lowest BCUT2D eigenvalue weighted by molar-refractivity contribution is 0.0990. The standard InChI is InChI=1S/C12H12N2O2/c13-4-3-11(14)9-6-12(16)10-5-7(15)1-2-8(9)10/h1-5,9,13,15H,6,14H2. The minimum atomic E-state index is -0.162. The maximum Gasteiger partial charge on any atom is 0.164 e. The van der Waals surface area contributed by atoms with Crippen LogP contribution in [0.4, 0.5) is 0 Å². The van der Waals surface area contributed by atoms with Crippen molar-refractivity contribution in [3.8, 4) is 5.75 Å². The van der Waals surface area contributed by atoms with Crippen LogP contribution >= 0.6 is 0 Å². The molecular formula is C12H12N2O2. The van der Waals surface area contributed by atoms with Crippen molar-refractivity contribution in [2.75, 3.05) is 0 Å². The molecule has 1 unspecified atom stereocenters. The Morgan fingerprint density at radius 3 is 3.00 bits per heavy atom. The molecular weight excluding hydrogens is 204 g/mol. The number of Topliss-reactive ketones (excluding diaryl/α,β-unsaturated/α-hetero) is 1. The minimum absolute atomic E-state index is 0.0165. The van der Waals surface area contributed by atoms with Crippen molar-refractivity contribution in [3.05, 3.63) is 41.1 Å². The van der Waals surface area contributed by atoms with E-state index >= 15 is 0 Å². The van der Waals surface area contributed by atoms with E-state index in [4.69, 9.17) is 11.1 Å². The summed E-state index contributed by atoms with van der Waals surface area (Å²) >= 11 is 0. The molecule has 0 aliphatic heterocycles. The quantitative estimate of drug-likeness (QED) is 0.655. The number of nitrogens with one attached hydrogen (secondary N) is 1. The maximum atomic E-state index is 11.7. The van der Waals surface area contributed by atoms with E-state index in [1.54, 1.807) is 12.1 Å². The molecule has 0 saturated carbocycles. The Morgan fingerprint density at radius 2 is 2.31 bits per heavy atom. The predicted octanol–water partition coefficient (Wildman–Crippen LogP) is 1.55. The molecule has 4 nitrogen and oxygen atoms in total. The van der Waals surface area contributed by atoms with Crippen molar-refractivity contribution in [2.45, 2.75) is 12.3 Å². The Hall–Kier alpha value is -2.10. The molecule has 1 atom stereocenters. The van der Waals surface area contributed by atoms with Crippen LogP contribution in [0.15, 0.2) is 30.0 Å². The Kier molecular flexibility index (Phi) is 2.48. The molecule has 1 aliphatic carbocycles. The fraction of sp³-hybridized carbons (Fsp3) is 0.167. The van der Waals surface area contributed by atoms with Crippen molar-refractivity contribution in [2.24, 2.45) is 5.73 Å². The van der Waals surface area contributed by atoms with E-state index < -0.39 is 0 Å². The fourth-order valence-corrected chi connectivity index (χ4v) is 2.00. The first-order valence-corrected chi connectivity index (χ1v) is 4.95. The number of hydrogen-bond donors (Lipinski definition) is 3. The maximum absolute atomic E-state index is 11.7. The highest BCUT2D eigenvalue weighted by molar-refractivity contribution is 6.02. The first kappa shape index (κ1) is 10.4. The molecule has 0 heterocycles. The van der Waals surface area contributed by atoms with Crippen LogP contribution in [0.2, 0.25) is 0 Å². The van der Waals surface area contributed by atoms with Gasteiger partial charge in [0.25, 0.3) is 0 Å². The van der Waals surface area contributed by atoms with Crippen molar-refractivity contribution >= 4 is 12.0 Å². The summed E-state index contributed by atoms with van der Waals surface area (Å²) in [6, 6.07) is 4.72. The number of carbonyl (C=O) groups is 1. The second-order valence-electron chi connectivity index (χ2n) is 3.78. The van der Waals surface area contributed by atoms with Crippen LogP contribution in [0.3, 0.4) is 0 Å². The second-order valence-corrected chi connectivity index (χ2v) is 3.78. The van der Waals surface area contributed by atoms with Crippen LogP contribution in [0, 0.1) is 5.41 Å². The average Bonchev–Trinajstić information content (AvgIpc) is 2.56. The van der Waals surface area contributed by atoms with Gasteiger partial charge in [0.1, 0.15) is 5.75 Å². The summed E-state index contributed by atoms with van der Waals surface area (Å²) in [6.07, 6.45) is 2.91. The highest BCUT2D eigenvalue weighted by atomic mass is 16.3. The number of benzene rings is 1. The summed E-state index contributed by atoms with van der Waals surface area (Å²) in [5.74, 6) is -0.0933. The number of nitrogens with two attached hydrogens (primary N) is 1. The van der Waals surface area contributed by atoms with E-state index in [-0.39, 0.29) is 17.5 Å². The highest BCUT2D eigenvalue weighted by Crippen LogP contribution is 2.37. The number of carbonyl (C=O) groups excluding carboxylic acids is 1. The molecule has 2 rings (SSSR count). The third-order valence-corrected chi connectivity index (χ3v) is 2.78. The second kappa shape index (κ2) is 3.81. The summed E-state index contributed by atoms with van der Waals surface area (Å²) in [5, 5.41) is 16.3. The van der Waals surface area contributed by atoms with E-state index in [9.17, 15) is 9.90 Å². The van der Waals surface area contributed by atoms with Crippen LogP contribution in [-0.4, -0.2) is 17.1 Å². The molecule has 0 saturated heterocycles. The lowest BCUT2D eigenvalue weighted by atomic mass is 9.98. The predicted molar refractivity (Wildman–Crippen MR) is 60.8 cm³/mol. The van der Waals surface area contributed by atoms with Crippen LogP contribution in [0.25, 0.3) is 0 Å². The van der Waals surface area contributed by atoms with Gasteiger partial charge < -0.3 is 16.2 Å². The summed E-state index contributed by atoms with van der Waals surface area (Å²) in [5.41, 5.74) is 7.67. The van der Waals surface area contributed by atoms with Crippen LogP contribution in [0.1, 0.15) is 28.3 Å². The number of hydrogen-bond acceptors (Lipinski definition) is 4. The SMILES string of the molecule is N=CC=C(N)C1CC(=O)c2cc(O)ccc21. The molecule has 1 aromatic rings. The third-order valence-electron chi connectivity index (χ3n) is 2.78. The van der Waals surface area contributed by atoms with Gasteiger partial charge in [-0.05, 0) is 23.8 Å². The normalized spacial score (nSPS) is 19.6. The van der Waals surface area contributed by atoms with Gasteiger partial charge in [-0.3, -0.25) is 4.79 Å². The Labute approximate surface area is 92.9 Å². The molecule has 0 bridgehead atoms.